The Labute approximate surface area is 175 Å². The van der Waals surface area contributed by atoms with Gasteiger partial charge in [-0.1, -0.05) is 18.2 Å². The Hall–Kier alpha value is -4.04. The van der Waals surface area contributed by atoms with E-state index in [0.29, 0.717) is 28.3 Å². The van der Waals surface area contributed by atoms with Crippen LogP contribution < -0.4 is 10.6 Å². The summed E-state index contributed by atoms with van der Waals surface area (Å²) in [6.07, 6.45) is 3.36. The fourth-order valence-electron chi connectivity index (χ4n) is 3.04. The van der Waals surface area contributed by atoms with Gasteiger partial charge >= 0.3 is 0 Å². The van der Waals surface area contributed by atoms with Gasteiger partial charge in [-0.15, -0.1) is 0 Å². The van der Waals surface area contributed by atoms with Crippen molar-refractivity contribution in [3.05, 3.63) is 78.8 Å². The number of para-hydroxylation sites is 1. The fraction of sp³-hybridized carbons (Fsp3) is 0. The van der Waals surface area contributed by atoms with E-state index >= 15 is 0 Å². The highest BCUT2D eigenvalue weighted by atomic mass is 32.1. The molecule has 146 valence electrons. The zero-order valence-corrected chi connectivity index (χ0v) is 16.3. The maximum atomic E-state index is 12.4. The minimum Gasteiger partial charge on any atom is -0.451 e. The average molecular weight is 414 g/mol. The number of thiocarbonyl (C=S) groups is 1. The Kier molecular flexibility index (Phi) is 4.45. The molecular weight excluding hydrogens is 400 g/mol. The van der Waals surface area contributed by atoms with Crippen LogP contribution in [0.4, 0.5) is 5.69 Å². The number of hydrogen-bond donors (Lipinski definition) is 2. The van der Waals surface area contributed by atoms with Crippen LogP contribution in [0.5, 0.6) is 0 Å². The molecule has 0 spiro atoms. The van der Waals surface area contributed by atoms with Crippen molar-refractivity contribution in [1.82, 2.24) is 15.3 Å². The molecule has 7 nitrogen and oxygen atoms in total. The summed E-state index contributed by atoms with van der Waals surface area (Å²) in [5.41, 5.74) is 3.46. The van der Waals surface area contributed by atoms with Crippen molar-refractivity contribution in [1.29, 1.82) is 0 Å². The molecule has 8 heteroatoms. The largest absolute Gasteiger partial charge is 0.451 e. The van der Waals surface area contributed by atoms with Crippen LogP contribution in [0, 0.1) is 0 Å². The number of aromatic nitrogens is 2. The maximum Gasteiger partial charge on any atom is 0.293 e. The van der Waals surface area contributed by atoms with E-state index in [1.165, 1.54) is 0 Å². The first-order valence-corrected chi connectivity index (χ1v) is 9.48. The van der Waals surface area contributed by atoms with E-state index < -0.39 is 5.91 Å². The molecule has 0 saturated heterocycles. The van der Waals surface area contributed by atoms with Gasteiger partial charge in [0.05, 0.1) is 0 Å². The Morgan fingerprint density at radius 3 is 2.60 bits per heavy atom. The molecule has 0 bridgehead atoms. The van der Waals surface area contributed by atoms with Crippen LogP contribution in [0.15, 0.2) is 81.9 Å². The molecule has 3 heterocycles. The predicted molar refractivity (Wildman–Crippen MR) is 117 cm³/mol. The third-order valence-corrected chi connectivity index (χ3v) is 4.65. The molecule has 0 aliphatic carbocycles. The average Bonchev–Trinajstić information content (AvgIpc) is 3.38. The van der Waals surface area contributed by atoms with Gasteiger partial charge in [0.25, 0.3) is 5.91 Å². The molecular formula is C22H14N4O3S. The highest BCUT2D eigenvalue weighted by Gasteiger charge is 2.14. The molecule has 3 aromatic heterocycles. The zero-order valence-electron chi connectivity index (χ0n) is 15.5. The molecule has 5 aromatic rings. The number of fused-ring (bicyclic) bond motifs is 2. The number of oxazole rings is 1. The second kappa shape index (κ2) is 7.41. The Morgan fingerprint density at radius 1 is 0.933 bits per heavy atom. The molecule has 5 rings (SSSR count). The highest BCUT2D eigenvalue weighted by Crippen LogP contribution is 2.26. The van der Waals surface area contributed by atoms with Crippen molar-refractivity contribution < 1.29 is 13.6 Å². The van der Waals surface area contributed by atoms with Crippen molar-refractivity contribution >= 4 is 51.0 Å². The molecule has 2 N–H and O–H groups in total. The van der Waals surface area contributed by atoms with Crippen LogP contribution in [0.25, 0.3) is 33.5 Å². The van der Waals surface area contributed by atoms with Gasteiger partial charge in [-0.3, -0.25) is 15.1 Å². The first kappa shape index (κ1) is 18.0. The number of amides is 1. The lowest BCUT2D eigenvalue weighted by atomic mass is 10.2. The second-order valence-electron chi connectivity index (χ2n) is 6.49. The molecule has 0 aliphatic heterocycles. The van der Waals surface area contributed by atoms with Gasteiger partial charge in [0.1, 0.15) is 11.1 Å². The van der Waals surface area contributed by atoms with Crippen LogP contribution in [0.2, 0.25) is 0 Å². The van der Waals surface area contributed by atoms with Crippen LogP contribution in [-0.4, -0.2) is 21.0 Å². The molecule has 0 radical (unpaired) electrons. The number of rotatable bonds is 3. The number of furan rings is 1. The van der Waals surface area contributed by atoms with Crippen LogP contribution in [0.3, 0.4) is 0 Å². The van der Waals surface area contributed by atoms with Crippen molar-refractivity contribution in [2.24, 2.45) is 0 Å². The Balaban J connectivity index is 1.31. The number of nitrogens with one attached hydrogen (secondary N) is 2. The summed E-state index contributed by atoms with van der Waals surface area (Å²) in [4.78, 5) is 20.9. The van der Waals surface area contributed by atoms with E-state index in [-0.39, 0.29) is 10.9 Å². The first-order valence-electron chi connectivity index (χ1n) is 9.08. The van der Waals surface area contributed by atoms with Crippen molar-refractivity contribution in [3.63, 3.8) is 0 Å². The van der Waals surface area contributed by atoms with Crippen molar-refractivity contribution in [2.75, 3.05) is 5.32 Å². The minimum absolute atomic E-state index is 0.151. The van der Waals surface area contributed by atoms with Gasteiger partial charge in [0.15, 0.2) is 16.5 Å². The van der Waals surface area contributed by atoms with Gasteiger partial charge in [0, 0.05) is 29.0 Å². The lowest BCUT2D eigenvalue weighted by Gasteiger charge is -2.08. The Bertz CT molecular complexity index is 1360. The third kappa shape index (κ3) is 3.51. The van der Waals surface area contributed by atoms with Crippen LogP contribution in [-0.2, 0) is 0 Å². The number of carbonyl (C=O) groups excluding carboxylic acids is 1. The summed E-state index contributed by atoms with van der Waals surface area (Å²) in [6.45, 7) is 0. The lowest BCUT2D eigenvalue weighted by molar-refractivity contribution is 0.0953. The first-order chi connectivity index (χ1) is 14.7. The number of nitrogens with zero attached hydrogens (tertiary/aromatic N) is 2. The van der Waals surface area contributed by atoms with Gasteiger partial charge in [0.2, 0.25) is 5.89 Å². The summed E-state index contributed by atoms with van der Waals surface area (Å²) in [7, 11) is 0. The van der Waals surface area contributed by atoms with Gasteiger partial charge in [-0.2, -0.15) is 0 Å². The summed E-state index contributed by atoms with van der Waals surface area (Å²) in [5.74, 6) is 0.269. The molecule has 0 aliphatic rings. The molecule has 1 amide bonds. The number of carbonyl (C=O) groups is 1. The number of benzene rings is 2. The zero-order chi connectivity index (χ0) is 20.5. The quantitative estimate of drug-likeness (QED) is 0.411. The third-order valence-electron chi connectivity index (χ3n) is 4.45. The normalized spacial score (nSPS) is 10.9. The summed E-state index contributed by atoms with van der Waals surface area (Å²) < 4.78 is 11.3. The number of hydrogen-bond acceptors (Lipinski definition) is 6. The van der Waals surface area contributed by atoms with E-state index in [1.54, 1.807) is 42.7 Å². The fourth-order valence-corrected chi connectivity index (χ4v) is 3.25. The topological polar surface area (TPSA) is 93.2 Å². The minimum atomic E-state index is -0.425. The van der Waals surface area contributed by atoms with Gasteiger partial charge in [-0.25, -0.2) is 4.98 Å². The van der Waals surface area contributed by atoms with Gasteiger partial charge in [-0.05, 0) is 54.7 Å². The summed E-state index contributed by atoms with van der Waals surface area (Å²) >= 11 is 5.26. The number of anilines is 1. The summed E-state index contributed by atoms with van der Waals surface area (Å²) in [5, 5.41) is 6.61. The summed E-state index contributed by atoms with van der Waals surface area (Å²) in [6, 6.07) is 18.1. The Morgan fingerprint density at radius 2 is 1.77 bits per heavy atom. The van der Waals surface area contributed by atoms with E-state index in [0.717, 1.165) is 10.9 Å². The highest BCUT2D eigenvalue weighted by molar-refractivity contribution is 7.80. The SMILES string of the molecule is O=C(NC(=S)Nc1ccc2oc(-c3ccncc3)nc2c1)c1cc2ccccc2o1. The maximum absolute atomic E-state index is 12.4. The van der Waals surface area contributed by atoms with E-state index in [9.17, 15) is 4.79 Å². The molecule has 30 heavy (non-hydrogen) atoms. The predicted octanol–water partition coefficient (Wildman–Crippen LogP) is 4.76. The smallest absolute Gasteiger partial charge is 0.293 e. The van der Waals surface area contributed by atoms with E-state index in [1.807, 2.05) is 30.3 Å². The van der Waals surface area contributed by atoms with Gasteiger partial charge < -0.3 is 14.2 Å². The van der Waals surface area contributed by atoms with Crippen molar-refractivity contribution in [2.45, 2.75) is 0 Å². The lowest BCUT2D eigenvalue weighted by Crippen LogP contribution is -2.33. The second-order valence-corrected chi connectivity index (χ2v) is 6.90. The van der Waals surface area contributed by atoms with Crippen LogP contribution >= 0.6 is 12.2 Å². The molecule has 0 unspecified atom stereocenters. The van der Waals surface area contributed by atoms with Crippen LogP contribution in [0.1, 0.15) is 10.6 Å². The van der Waals surface area contributed by atoms with E-state index in [2.05, 4.69) is 20.6 Å². The molecule has 0 saturated carbocycles. The molecule has 0 fully saturated rings. The standard InChI is InChI=1S/C22H14N4O3S/c27-20(19-11-14-3-1-2-4-17(14)28-19)26-22(30)24-15-5-6-18-16(12-15)25-21(29-18)13-7-9-23-10-8-13/h1-12H,(H2,24,26,27,30). The molecule has 0 atom stereocenters. The van der Waals surface area contributed by atoms with Crippen molar-refractivity contribution in [3.8, 4) is 11.5 Å². The monoisotopic (exact) mass is 414 g/mol. The number of pyridine rings is 1. The van der Waals surface area contributed by atoms with E-state index in [4.69, 9.17) is 21.1 Å². The molecule has 2 aromatic carbocycles.